The Morgan fingerprint density at radius 3 is 1.95 bits per heavy atom. The van der Waals surface area contributed by atoms with Crippen LogP contribution in [0.5, 0.6) is 0 Å². The third kappa shape index (κ3) is 3.60. The van der Waals surface area contributed by atoms with Crippen LogP contribution in [-0.2, 0) is 6.42 Å². The predicted molar refractivity (Wildman–Crippen MR) is 83.4 cm³/mol. The van der Waals surface area contributed by atoms with Gasteiger partial charge in [-0.1, -0.05) is 56.7 Å². The SMILES string of the molecule is CCCCc1ccc(C(C)c2ccc(N)cc2)cc1. The minimum Gasteiger partial charge on any atom is -0.399 e. The van der Waals surface area contributed by atoms with Gasteiger partial charge >= 0.3 is 0 Å². The maximum atomic E-state index is 5.73. The highest BCUT2D eigenvalue weighted by Gasteiger charge is 2.07. The third-order valence-corrected chi connectivity index (χ3v) is 3.74. The van der Waals surface area contributed by atoms with Crippen molar-refractivity contribution in [2.45, 2.75) is 39.0 Å². The minimum absolute atomic E-state index is 0.417. The first-order chi connectivity index (χ1) is 9.20. The molecule has 0 fully saturated rings. The normalized spacial score (nSPS) is 12.3. The second kappa shape index (κ2) is 6.42. The molecule has 1 atom stereocenters. The second-order valence-corrected chi connectivity index (χ2v) is 5.23. The molecule has 0 amide bonds. The number of anilines is 1. The van der Waals surface area contributed by atoms with Crippen molar-refractivity contribution in [3.8, 4) is 0 Å². The molecule has 2 aromatic carbocycles. The largest absolute Gasteiger partial charge is 0.399 e. The summed E-state index contributed by atoms with van der Waals surface area (Å²) in [5.41, 5.74) is 10.7. The minimum atomic E-state index is 0.417. The monoisotopic (exact) mass is 253 g/mol. The predicted octanol–water partition coefficient (Wildman–Crippen LogP) is 4.76. The lowest BCUT2D eigenvalue weighted by molar-refractivity contribution is 0.794. The Labute approximate surface area is 116 Å². The summed E-state index contributed by atoms with van der Waals surface area (Å²) in [4.78, 5) is 0. The highest BCUT2D eigenvalue weighted by molar-refractivity contribution is 5.42. The van der Waals surface area contributed by atoms with Crippen LogP contribution < -0.4 is 5.73 Å². The molecule has 0 saturated heterocycles. The molecule has 0 aliphatic heterocycles. The van der Waals surface area contributed by atoms with Crippen LogP contribution in [0.15, 0.2) is 48.5 Å². The van der Waals surface area contributed by atoms with E-state index >= 15 is 0 Å². The zero-order chi connectivity index (χ0) is 13.7. The maximum absolute atomic E-state index is 5.73. The second-order valence-electron chi connectivity index (χ2n) is 5.23. The van der Waals surface area contributed by atoms with Gasteiger partial charge in [-0.2, -0.15) is 0 Å². The van der Waals surface area contributed by atoms with Crippen molar-refractivity contribution >= 4 is 5.69 Å². The Balaban J connectivity index is 2.10. The fourth-order valence-electron chi connectivity index (χ4n) is 2.33. The van der Waals surface area contributed by atoms with E-state index in [1.54, 1.807) is 0 Å². The first-order valence-electron chi connectivity index (χ1n) is 7.15. The maximum Gasteiger partial charge on any atom is 0.0314 e. The van der Waals surface area contributed by atoms with E-state index in [9.17, 15) is 0 Å². The molecule has 19 heavy (non-hydrogen) atoms. The Hall–Kier alpha value is -1.76. The van der Waals surface area contributed by atoms with Crippen LogP contribution in [0.25, 0.3) is 0 Å². The highest BCUT2D eigenvalue weighted by atomic mass is 14.5. The van der Waals surface area contributed by atoms with Gasteiger partial charge in [-0.05, 0) is 41.7 Å². The molecular formula is C18H23N. The Morgan fingerprint density at radius 2 is 1.42 bits per heavy atom. The molecule has 2 rings (SSSR count). The third-order valence-electron chi connectivity index (χ3n) is 3.74. The quantitative estimate of drug-likeness (QED) is 0.764. The Bertz CT molecular complexity index is 496. The van der Waals surface area contributed by atoms with E-state index in [0.717, 1.165) is 5.69 Å². The molecule has 0 heterocycles. The van der Waals surface area contributed by atoms with Gasteiger partial charge in [0.15, 0.2) is 0 Å². The van der Waals surface area contributed by atoms with Gasteiger partial charge < -0.3 is 5.73 Å². The van der Waals surface area contributed by atoms with Gasteiger partial charge in [0.2, 0.25) is 0 Å². The highest BCUT2D eigenvalue weighted by Crippen LogP contribution is 2.25. The molecule has 1 heteroatoms. The topological polar surface area (TPSA) is 26.0 Å². The standard InChI is InChI=1S/C18H23N/c1-3-4-5-15-6-8-16(9-7-15)14(2)17-10-12-18(19)13-11-17/h6-14H,3-5,19H2,1-2H3. The summed E-state index contributed by atoms with van der Waals surface area (Å²) in [5, 5.41) is 0. The molecule has 0 aliphatic rings. The van der Waals surface area contributed by atoms with Crippen LogP contribution in [0, 0.1) is 0 Å². The summed E-state index contributed by atoms with van der Waals surface area (Å²) in [5.74, 6) is 0.417. The molecule has 0 saturated carbocycles. The van der Waals surface area contributed by atoms with Gasteiger partial charge in [0.1, 0.15) is 0 Å². The number of nitrogen functional groups attached to an aromatic ring is 1. The fraction of sp³-hybridized carbons (Fsp3) is 0.333. The number of unbranched alkanes of at least 4 members (excludes halogenated alkanes) is 1. The van der Waals surface area contributed by atoms with Crippen molar-refractivity contribution in [2.24, 2.45) is 0 Å². The molecule has 0 radical (unpaired) electrons. The summed E-state index contributed by atoms with van der Waals surface area (Å²) in [6.07, 6.45) is 3.71. The number of aryl methyl sites for hydroxylation is 1. The smallest absolute Gasteiger partial charge is 0.0314 e. The van der Waals surface area contributed by atoms with E-state index in [1.165, 1.54) is 36.0 Å². The summed E-state index contributed by atoms with van der Waals surface area (Å²) >= 11 is 0. The zero-order valence-corrected chi connectivity index (χ0v) is 11.9. The molecule has 0 aliphatic carbocycles. The first-order valence-corrected chi connectivity index (χ1v) is 7.15. The summed E-state index contributed by atoms with van der Waals surface area (Å²) in [6, 6.07) is 17.2. The van der Waals surface area contributed by atoms with Crippen LogP contribution in [0.2, 0.25) is 0 Å². The van der Waals surface area contributed by atoms with Crippen molar-refractivity contribution < 1.29 is 0 Å². The molecule has 100 valence electrons. The van der Waals surface area contributed by atoms with E-state index in [1.807, 2.05) is 12.1 Å². The van der Waals surface area contributed by atoms with Gasteiger partial charge in [0.25, 0.3) is 0 Å². The van der Waals surface area contributed by atoms with Crippen molar-refractivity contribution in [3.63, 3.8) is 0 Å². The molecule has 0 bridgehead atoms. The van der Waals surface area contributed by atoms with Crippen LogP contribution in [0.3, 0.4) is 0 Å². The van der Waals surface area contributed by atoms with Crippen LogP contribution in [0.1, 0.15) is 49.3 Å². The molecule has 0 aromatic heterocycles. The van der Waals surface area contributed by atoms with Gasteiger partial charge in [0.05, 0.1) is 0 Å². The lowest BCUT2D eigenvalue weighted by Crippen LogP contribution is -1.97. The zero-order valence-electron chi connectivity index (χ0n) is 11.9. The summed E-state index contributed by atoms with van der Waals surface area (Å²) in [7, 11) is 0. The van der Waals surface area contributed by atoms with E-state index in [2.05, 4.69) is 50.2 Å². The molecule has 1 unspecified atom stereocenters. The summed E-state index contributed by atoms with van der Waals surface area (Å²) in [6.45, 7) is 4.48. The summed E-state index contributed by atoms with van der Waals surface area (Å²) < 4.78 is 0. The number of hydrogen-bond acceptors (Lipinski definition) is 1. The molecule has 0 spiro atoms. The number of hydrogen-bond donors (Lipinski definition) is 1. The average Bonchev–Trinajstić information content (AvgIpc) is 2.46. The first kappa shape index (κ1) is 13.7. The lowest BCUT2D eigenvalue weighted by Gasteiger charge is -2.13. The van der Waals surface area contributed by atoms with E-state index in [4.69, 9.17) is 5.73 Å². The van der Waals surface area contributed by atoms with Gasteiger partial charge in [0, 0.05) is 11.6 Å². The Kier molecular flexibility index (Phi) is 4.62. The number of benzene rings is 2. The van der Waals surface area contributed by atoms with E-state index in [-0.39, 0.29) is 0 Å². The van der Waals surface area contributed by atoms with E-state index in [0.29, 0.717) is 5.92 Å². The van der Waals surface area contributed by atoms with Gasteiger partial charge in [-0.15, -0.1) is 0 Å². The van der Waals surface area contributed by atoms with Crippen molar-refractivity contribution in [3.05, 3.63) is 65.2 Å². The van der Waals surface area contributed by atoms with Crippen LogP contribution >= 0.6 is 0 Å². The van der Waals surface area contributed by atoms with Crippen molar-refractivity contribution in [1.82, 2.24) is 0 Å². The number of nitrogens with two attached hydrogens (primary N) is 1. The van der Waals surface area contributed by atoms with Crippen LogP contribution in [-0.4, -0.2) is 0 Å². The Morgan fingerprint density at radius 1 is 0.895 bits per heavy atom. The molecule has 2 N–H and O–H groups in total. The fourth-order valence-corrected chi connectivity index (χ4v) is 2.33. The van der Waals surface area contributed by atoms with Crippen molar-refractivity contribution in [1.29, 1.82) is 0 Å². The lowest BCUT2D eigenvalue weighted by atomic mass is 9.92. The van der Waals surface area contributed by atoms with Gasteiger partial charge in [-0.3, -0.25) is 0 Å². The average molecular weight is 253 g/mol. The molecule has 1 nitrogen and oxygen atoms in total. The molecular weight excluding hydrogens is 230 g/mol. The van der Waals surface area contributed by atoms with Crippen molar-refractivity contribution in [2.75, 3.05) is 5.73 Å². The van der Waals surface area contributed by atoms with E-state index < -0.39 is 0 Å². The van der Waals surface area contributed by atoms with Crippen LogP contribution in [0.4, 0.5) is 5.69 Å². The number of rotatable bonds is 5. The molecule has 2 aromatic rings. The van der Waals surface area contributed by atoms with Gasteiger partial charge in [-0.25, -0.2) is 0 Å².